The molecule has 0 bridgehead atoms. The van der Waals surface area contributed by atoms with Gasteiger partial charge in [-0.1, -0.05) is 6.92 Å². The summed E-state index contributed by atoms with van der Waals surface area (Å²) in [6.45, 7) is 9.35. The lowest BCUT2D eigenvalue weighted by Gasteiger charge is -2.39. The van der Waals surface area contributed by atoms with Gasteiger partial charge in [-0.2, -0.15) is 0 Å². The van der Waals surface area contributed by atoms with Crippen LogP contribution in [0.5, 0.6) is 5.75 Å². The molecule has 0 spiro atoms. The van der Waals surface area contributed by atoms with Crippen LogP contribution in [-0.2, 0) is 11.3 Å². The van der Waals surface area contributed by atoms with E-state index in [0.29, 0.717) is 12.1 Å². The molecule has 1 saturated heterocycles. The molecule has 2 unspecified atom stereocenters. The molecule has 4 heteroatoms. The molecule has 0 saturated carbocycles. The van der Waals surface area contributed by atoms with Crippen molar-refractivity contribution >= 4 is 10.9 Å². The van der Waals surface area contributed by atoms with Crippen LogP contribution in [0.15, 0.2) is 18.3 Å². The molecule has 1 fully saturated rings. The standard InChI is InChI=1S/C20H30N2O2/c1-5-15-12-16(24-6-2)8-10-22(15)13-18-17-7-9-21-20(17)14(3)11-19(18)23-4/h7,9,11,15-16,21H,5-6,8,10,12-13H2,1-4H3. The summed E-state index contributed by atoms with van der Waals surface area (Å²) in [6, 6.07) is 4.91. The second-order valence-corrected chi connectivity index (χ2v) is 6.77. The molecule has 1 aliphatic heterocycles. The largest absolute Gasteiger partial charge is 0.496 e. The van der Waals surface area contributed by atoms with Gasteiger partial charge in [-0.25, -0.2) is 0 Å². The summed E-state index contributed by atoms with van der Waals surface area (Å²) in [5.74, 6) is 1.00. The monoisotopic (exact) mass is 330 g/mol. The smallest absolute Gasteiger partial charge is 0.124 e. The summed E-state index contributed by atoms with van der Waals surface area (Å²) in [4.78, 5) is 5.98. The van der Waals surface area contributed by atoms with Gasteiger partial charge in [-0.3, -0.25) is 4.90 Å². The lowest BCUT2D eigenvalue weighted by atomic mass is 9.95. The summed E-state index contributed by atoms with van der Waals surface area (Å²) in [6.07, 6.45) is 5.86. The van der Waals surface area contributed by atoms with Crippen LogP contribution in [0, 0.1) is 6.92 Å². The first-order valence-corrected chi connectivity index (χ1v) is 9.17. The van der Waals surface area contributed by atoms with E-state index >= 15 is 0 Å². The fourth-order valence-corrected chi connectivity index (χ4v) is 4.07. The minimum absolute atomic E-state index is 0.420. The highest BCUT2D eigenvalue weighted by Crippen LogP contribution is 2.33. The maximum absolute atomic E-state index is 5.88. The molecule has 1 aliphatic rings. The van der Waals surface area contributed by atoms with Crippen molar-refractivity contribution in [3.8, 4) is 5.75 Å². The van der Waals surface area contributed by atoms with E-state index in [-0.39, 0.29) is 0 Å². The third-order valence-electron chi connectivity index (χ3n) is 5.36. The molecule has 3 rings (SSSR count). The number of methoxy groups -OCH3 is 1. The van der Waals surface area contributed by atoms with Crippen molar-refractivity contribution in [2.24, 2.45) is 0 Å². The van der Waals surface area contributed by atoms with E-state index in [1.807, 2.05) is 6.20 Å². The van der Waals surface area contributed by atoms with E-state index in [1.54, 1.807) is 7.11 Å². The summed E-state index contributed by atoms with van der Waals surface area (Å²) < 4.78 is 11.6. The molecule has 2 atom stereocenters. The van der Waals surface area contributed by atoms with E-state index < -0.39 is 0 Å². The highest BCUT2D eigenvalue weighted by atomic mass is 16.5. The quantitative estimate of drug-likeness (QED) is 0.860. The average molecular weight is 330 g/mol. The minimum atomic E-state index is 0.420. The number of likely N-dealkylation sites (tertiary alicyclic amines) is 1. The van der Waals surface area contributed by atoms with Gasteiger partial charge in [0.15, 0.2) is 0 Å². The van der Waals surface area contributed by atoms with Crippen LogP contribution in [0.2, 0.25) is 0 Å². The molecule has 1 aromatic heterocycles. The Hall–Kier alpha value is -1.52. The number of hydrogen-bond donors (Lipinski definition) is 1. The van der Waals surface area contributed by atoms with Crippen LogP contribution in [0.3, 0.4) is 0 Å². The van der Waals surface area contributed by atoms with Crippen molar-refractivity contribution in [3.63, 3.8) is 0 Å². The van der Waals surface area contributed by atoms with Gasteiger partial charge in [-0.15, -0.1) is 0 Å². The van der Waals surface area contributed by atoms with Gasteiger partial charge in [0.2, 0.25) is 0 Å². The van der Waals surface area contributed by atoms with Crippen LogP contribution in [0.1, 0.15) is 44.2 Å². The summed E-state index contributed by atoms with van der Waals surface area (Å²) >= 11 is 0. The predicted molar refractivity (Wildman–Crippen MR) is 98.7 cm³/mol. The highest BCUT2D eigenvalue weighted by Gasteiger charge is 2.28. The predicted octanol–water partition coefficient (Wildman–Crippen LogP) is 4.26. The first kappa shape index (κ1) is 17.3. The lowest BCUT2D eigenvalue weighted by molar-refractivity contribution is -0.0137. The van der Waals surface area contributed by atoms with Crippen LogP contribution >= 0.6 is 0 Å². The molecule has 0 radical (unpaired) electrons. The summed E-state index contributed by atoms with van der Waals surface area (Å²) in [7, 11) is 1.77. The Labute approximate surface area is 145 Å². The molecule has 4 nitrogen and oxygen atoms in total. The number of ether oxygens (including phenoxy) is 2. The zero-order chi connectivity index (χ0) is 17.1. The van der Waals surface area contributed by atoms with Crippen molar-refractivity contribution in [2.45, 2.75) is 58.7 Å². The SMILES string of the molecule is CCOC1CCN(Cc2c(OC)cc(C)c3[nH]ccc23)C(CC)C1. The highest BCUT2D eigenvalue weighted by molar-refractivity contribution is 5.88. The van der Waals surface area contributed by atoms with E-state index in [9.17, 15) is 0 Å². The molecule has 1 aromatic carbocycles. The van der Waals surface area contributed by atoms with Crippen molar-refractivity contribution in [1.82, 2.24) is 9.88 Å². The number of aromatic amines is 1. The summed E-state index contributed by atoms with van der Waals surface area (Å²) in [5, 5.41) is 1.29. The zero-order valence-corrected chi connectivity index (χ0v) is 15.4. The van der Waals surface area contributed by atoms with Gasteiger partial charge < -0.3 is 14.5 Å². The lowest BCUT2D eigenvalue weighted by Crippen LogP contribution is -2.44. The second-order valence-electron chi connectivity index (χ2n) is 6.77. The number of rotatable bonds is 6. The Balaban J connectivity index is 1.86. The molecule has 0 amide bonds. The van der Waals surface area contributed by atoms with Crippen molar-refractivity contribution < 1.29 is 9.47 Å². The number of hydrogen-bond acceptors (Lipinski definition) is 3. The topological polar surface area (TPSA) is 37.5 Å². The number of aromatic nitrogens is 1. The first-order valence-electron chi connectivity index (χ1n) is 9.17. The fourth-order valence-electron chi connectivity index (χ4n) is 4.07. The Morgan fingerprint density at radius 1 is 1.33 bits per heavy atom. The number of piperidine rings is 1. The van der Waals surface area contributed by atoms with Crippen molar-refractivity contribution in [1.29, 1.82) is 0 Å². The Morgan fingerprint density at radius 3 is 2.88 bits per heavy atom. The number of aryl methyl sites for hydroxylation is 1. The van der Waals surface area contributed by atoms with E-state index in [0.717, 1.165) is 44.7 Å². The van der Waals surface area contributed by atoms with Crippen molar-refractivity contribution in [3.05, 3.63) is 29.5 Å². The van der Waals surface area contributed by atoms with Crippen LogP contribution in [0.25, 0.3) is 10.9 Å². The van der Waals surface area contributed by atoms with Gasteiger partial charge in [-0.05, 0) is 50.8 Å². The number of nitrogens with zero attached hydrogens (tertiary/aromatic N) is 1. The van der Waals surface area contributed by atoms with Gasteiger partial charge in [0.1, 0.15) is 5.75 Å². The molecular formula is C20H30N2O2. The third kappa shape index (κ3) is 3.31. The number of H-pyrrole nitrogens is 1. The average Bonchev–Trinajstić information content (AvgIpc) is 3.08. The zero-order valence-electron chi connectivity index (χ0n) is 15.4. The fraction of sp³-hybridized carbons (Fsp3) is 0.600. The summed E-state index contributed by atoms with van der Waals surface area (Å²) in [5.41, 5.74) is 3.76. The van der Waals surface area contributed by atoms with Gasteiger partial charge in [0.05, 0.1) is 13.2 Å². The number of nitrogens with one attached hydrogen (secondary N) is 1. The first-order chi connectivity index (χ1) is 11.7. The number of fused-ring (bicyclic) bond motifs is 1. The van der Waals surface area contributed by atoms with Crippen LogP contribution < -0.4 is 4.74 Å². The normalized spacial score (nSPS) is 22.2. The number of benzene rings is 1. The van der Waals surface area contributed by atoms with Gasteiger partial charge in [0, 0.05) is 48.4 Å². The second kappa shape index (κ2) is 7.58. The van der Waals surface area contributed by atoms with E-state index in [2.05, 4.69) is 42.8 Å². The molecule has 0 aliphatic carbocycles. The molecular weight excluding hydrogens is 300 g/mol. The Bertz CT molecular complexity index is 680. The minimum Gasteiger partial charge on any atom is -0.496 e. The Morgan fingerprint density at radius 2 is 2.17 bits per heavy atom. The van der Waals surface area contributed by atoms with Crippen molar-refractivity contribution in [2.75, 3.05) is 20.3 Å². The Kier molecular flexibility index (Phi) is 5.47. The molecule has 2 heterocycles. The van der Waals surface area contributed by atoms with Crippen LogP contribution in [0.4, 0.5) is 0 Å². The van der Waals surface area contributed by atoms with E-state index in [4.69, 9.17) is 9.47 Å². The van der Waals surface area contributed by atoms with Gasteiger partial charge >= 0.3 is 0 Å². The maximum atomic E-state index is 5.88. The molecule has 24 heavy (non-hydrogen) atoms. The van der Waals surface area contributed by atoms with E-state index in [1.165, 1.54) is 22.0 Å². The molecule has 2 aromatic rings. The maximum Gasteiger partial charge on any atom is 0.124 e. The third-order valence-corrected chi connectivity index (χ3v) is 5.36. The molecule has 132 valence electrons. The van der Waals surface area contributed by atoms with Gasteiger partial charge in [0.25, 0.3) is 0 Å². The molecule has 1 N–H and O–H groups in total. The van der Waals surface area contributed by atoms with Crippen LogP contribution in [-0.4, -0.2) is 42.3 Å².